The van der Waals surface area contributed by atoms with E-state index in [4.69, 9.17) is 18.8 Å². The van der Waals surface area contributed by atoms with Gasteiger partial charge in [0.15, 0.2) is 0 Å². The maximum absolute atomic E-state index is 12.1. The number of alkyl carbamates (subject to hydrolysis) is 1. The van der Waals surface area contributed by atoms with Crippen molar-refractivity contribution in [1.29, 1.82) is 0 Å². The zero-order valence-electron chi connectivity index (χ0n) is 16.4. The van der Waals surface area contributed by atoms with E-state index in [0.29, 0.717) is 13.2 Å². The van der Waals surface area contributed by atoms with Crippen molar-refractivity contribution in [2.45, 2.75) is 32.5 Å². The molecule has 4 rings (SSSR count). The summed E-state index contributed by atoms with van der Waals surface area (Å²) in [6.07, 6.45) is -0.827. The number of hydrogen-bond acceptors (Lipinski definition) is 5. The summed E-state index contributed by atoms with van der Waals surface area (Å²) < 4.78 is 23.2. The maximum atomic E-state index is 12.1. The molecule has 2 aromatic carbocycles. The van der Waals surface area contributed by atoms with Crippen molar-refractivity contribution in [3.63, 3.8) is 0 Å². The minimum Gasteiger partial charge on any atom is -0.492 e. The number of amides is 1. The first kappa shape index (κ1) is 18.8. The first-order valence-electron chi connectivity index (χ1n) is 9.51. The lowest BCUT2D eigenvalue weighted by molar-refractivity contribution is 0.0494. The third-order valence-electron chi connectivity index (χ3n) is 4.62. The zero-order chi connectivity index (χ0) is 19.7. The van der Waals surface area contributed by atoms with Crippen LogP contribution in [0.15, 0.2) is 42.5 Å². The van der Waals surface area contributed by atoms with Crippen LogP contribution in [0.2, 0.25) is 0 Å². The topological polar surface area (TPSA) is 66.0 Å². The molecule has 0 fully saturated rings. The summed E-state index contributed by atoms with van der Waals surface area (Å²) in [4.78, 5) is 12.1. The molecule has 7 heteroatoms. The molecule has 28 heavy (non-hydrogen) atoms. The molecule has 0 saturated carbocycles. The monoisotopic (exact) mass is 381 g/mol. The zero-order valence-corrected chi connectivity index (χ0v) is 16.4. The smallest absolute Gasteiger partial charge is 0.492 e. The Balaban J connectivity index is 1.67. The standard InChI is InChI=1S/C21H24BNO5/c1-21(2,3)27-20(24)23-13-17-18-15(14-7-5-4-6-8-14)9-10-16-19(18)22(28-17)26-12-11-25-16/h4-10,17H,11-13H2,1-3H3,(H,23,24)/t17-/m1/s1. The van der Waals surface area contributed by atoms with E-state index in [1.807, 2.05) is 51.1 Å². The quantitative estimate of drug-likeness (QED) is 0.828. The Morgan fingerprint density at radius 2 is 1.96 bits per heavy atom. The van der Waals surface area contributed by atoms with Crippen molar-refractivity contribution in [2.75, 3.05) is 19.8 Å². The van der Waals surface area contributed by atoms with Gasteiger partial charge in [0.05, 0.1) is 12.7 Å². The molecule has 2 aliphatic heterocycles. The van der Waals surface area contributed by atoms with Crippen LogP contribution in [0.1, 0.15) is 32.4 Å². The largest absolute Gasteiger partial charge is 0.498 e. The number of carbonyl (C=O) groups excluding carboxylic acids is 1. The van der Waals surface area contributed by atoms with Gasteiger partial charge < -0.3 is 24.1 Å². The van der Waals surface area contributed by atoms with Gasteiger partial charge in [-0.25, -0.2) is 4.79 Å². The fraction of sp³-hybridized carbons (Fsp3) is 0.381. The lowest BCUT2D eigenvalue weighted by atomic mass is 9.75. The summed E-state index contributed by atoms with van der Waals surface area (Å²) in [6, 6.07) is 14.1. The van der Waals surface area contributed by atoms with Crippen molar-refractivity contribution in [3.8, 4) is 16.9 Å². The Kier molecular flexibility index (Phi) is 5.04. The lowest BCUT2D eigenvalue weighted by Crippen LogP contribution is -2.35. The minimum atomic E-state index is -0.554. The van der Waals surface area contributed by atoms with Gasteiger partial charge in [0.2, 0.25) is 0 Å². The molecule has 1 amide bonds. The molecule has 0 bridgehead atoms. The van der Waals surface area contributed by atoms with Gasteiger partial charge in [-0.15, -0.1) is 0 Å². The van der Waals surface area contributed by atoms with E-state index in [0.717, 1.165) is 27.9 Å². The molecule has 2 aromatic rings. The Labute approximate surface area is 165 Å². The van der Waals surface area contributed by atoms with Crippen molar-refractivity contribution < 1.29 is 23.6 Å². The number of ether oxygens (including phenoxy) is 2. The van der Waals surface area contributed by atoms with Crippen LogP contribution < -0.4 is 15.5 Å². The van der Waals surface area contributed by atoms with Crippen LogP contribution in [-0.4, -0.2) is 38.6 Å². The Morgan fingerprint density at radius 3 is 2.71 bits per heavy atom. The van der Waals surface area contributed by atoms with Crippen LogP contribution in [0, 0.1) is 0 Å². The second-order valence-electron chi connectivity index (χ2n) is 7.86. The minimum absolute atomic E-state index is 0.283. The number of carbonyl (C=O) groups is 1. The van der Waals surface area contributed by atoms with E-state index in [-0.39, 0.29) is 12.6 Å². The lowest BCUT2D eigenvalue weighted by Gasteiger charge is -2.22. The fourth-order valence-electron chi connectivity index (χ4n) is 3.56. The normalized spacial score (nSPS) is 18.1. The van der Waals surface area contributed by atoms with Crippen LogP contribution in [0.25, 0.3) is 11.1 Å². The third-order valence-corrected chi connectivity index (χ3v) is 4.62. The second kappa shape index (κ2) is 7.49. The molecule has 2 aliphatic rings. The number of benzene rings is 2. The molecular formula is C21H24BNO5. The first-order valence-corrected chi connectivity index (χ1v) is 9.51. The van der Waals surface area contributed by atoms with E-state index >= 15 is 0 Å². The molecule has 0 aromatic heterocycles. The molecule has 0 aliphatic carbocycles. The van der Waals surface area contributed by atoms with Crippen molar-refractivity contribution in [1.82, 2.24) is 5.32 Å². The van der Waals surface area contributed by atoms with E-state index < -0.39 is 18.8 Å². The molecular weight excluding hydrogens is 357 g/mol. The van der Waals surface area contributed by atoms with Gasteiger partial charge in [-0.3, -0.25) is 0 Å². The summed E-state index contributed by atoms with van der Waals surface area (Å²) in [7, 11) is -0.499. The molecule has 1 N–H and O–H groups in total. The van der Waals surface area contributed by atoms with E-state index in [1.54, 1.807) is 0 Å². The van der Waals surface area contributed by atoms with Gasteiger partial charge in [-0.2, -0.15) is 0 Å². The summed E-state index contributed by atoms with van der Waals surface area (Å²) in [5.74, 6) is 0.775. The second-order valence-corrected chi connectivity index (χ2v) is 7.86. The summed E-state index contributed by atoms with van der Waals surface area (Å²) >= 11 is 0. The van der Waals surface area contributed by atoms with E-state index in [9.17, 15) is 4.79 Å². The molecule has 2 heterocycles. The summed E-state index contributed by atoms with van der Waals surface area (Å²) in [5, 5.41) is 2.82. The Morgan fingerprint density at radius 1 is 1.18 bits per heavy atom. The van der Waals surface area contributed by atoms with E-state index in [2.05, 4.69) is 17.4 Å². The van der Waals surface area contributed by atoms with Crippen LogP contribution >= 0.6 is 0 Å². The van der Waals surface area contributed by atoms with E-state index in [1.165, 1.54) is 0 Å². The number of rotatable bonds is 3. The van der Waals surface area contributed by atoms with Crippen molar-refractivity contribution >= 4 is 18.7 Å². The van der Waals surface area contributed by atoms with Crippen LogP contribution in [0.5, 0.6) is 5.75 Å². The van der Waals surface area contributed by atoms with Gasteiger partial charge in [0.1, 0.15) is 18.0 Å². The van der Waals surface area contributed by atoms with Gasteiger partial charge in [0, 0.05) is 12.0 Å². The number of hydrogen-bond donors (Lipinski definition) is 1. The molecule has 6 nitrogen and oxygen atoms in total. The Bertz CT molecular complexity index is 865. The van der Waals surface area contributed by atoms with Crippen LogP contribution in [-0.2, 0) is 14.0 Å². The molecule has 0 radical (unpaired) electrons. The molecule has 0 spiro atoms. The van der Waals surface area contributed by atoms with Gasteiger partial charge >= 0.3 is 13.2 Å². The number of nitrogens with one attached hydrogen (secondary N) is 1. The van der Waals surface area contributed by atoms with Gasteiger partial charge in [-0.1, -0.05) is 36.4 Å². The molecule has 1 atom stereocenters. The maximum Gasteiger partial charge on any atom is 0.498 e. The highest BCUT2D eigenvalue weighted by molar-refractivity contribution is 6.64. The Hall–Kier alpha value is -2.51. The van der Waals surface area contributed by atoms with Crippen LogP contribution in [0.3, 0.4) is 0 Å². The predicted octanol–water partition coefficient (Wildman–Crippen LogP) is 3.05. The average Bonchev–Trinajstić information content (AvgIpc) is 2.89. The highest BCUT2D eigenvalue weighted by Crippen LogP contribution is 2.37. The SMILES string of the molecule is CC(C)(C)OC(=O)NC[C@H]1OB2OCCOc3ccc(-c4ccccc4)c1c32. The predicted molar refractivity (Wildman–Crippen MR) is 107 cm³/mol. The van der Waals surface area contributed by atoms with Gasteiger partial charge in [0.25, 0.3) is 0 Å². The first-order chi connectivity index (χ1) is 13.4. The van der Waals surface area contributed by atoms with Crippen molar-refractivity contribution in [2.24, 2.45) is 0 Å². The average molecular weight is 381 g/mol. The summed E-state index contributed by atoms with van der Waals surface area (Å²) in [5.41, 5.74) is 3.48. The molecule has 0 saturated heterocycles. The summed E-state index contributed by atoms with van der Waals surface area (Å²) in [6.45, 7) is 6.72. The van der Waals surface area contributed by atoms with Crippen molar-refractivity contribution in [3.05, 3.63) is 48.0 Å². The van der Waals surface area contributed by atoms with Crippen LogP contribution in [0.4, 0.5) is 4.79 Å². The third kappa shape index (κ3) is 3.86. The van der Waals surface area contributed by atoms with Gasteiger partial charge in [-0.05, 0) is 43.5 Å². The fourth-order valence-corrected chi connectivity index (χ4v) is 3.56. The molecule has 0 unspecified atom stereocenters. The highest BCUT2D eigenvalue weighted by atomic mass is 16.6. The highest BCUT2D eigenvalue weighted by Gasteiger charge is 2.43. The molecule has 146 valence electrons.